The van der Waals surface area contributed by atoms with E-state index in [2.05, 4.69) is 76.2 Å². The van der Waals surface area contributed by atoms with Crippen LogP contribution in [0.15, 0.2) is 48.5 Å². The van der Waals surface area contributed by atoms with E-state index < -0.39 is 0 Å². The lowest BCUT2D eigenvalue weighted by Gasteiger charge is -2.47. The molecule has 0 amide bonds. The fourth-order valence-corrected chi connectivity index (χ4v) is 5.51. The van der Waals surface area contributed by atoms with Crippen molar-refractivity contribution in [2.45, 2.75) is 82.8 Å². The van der Waals surface area contributed by atoms with Gasteiger partial charge >= 0.3 is 7.12 Å². The van der Waals surface area contributed by atoms with Gasteiger partial charge in [-0.15, -0.1) is 0 Å². The van der Waals surface area contributed by atoms with Gasteiger partial charge in [-0.2, -0.15) is 0 Å². The largest absolute Gasteiger partial charge is 0.494 e. The first kappa shape index (κ1) is 19.4. The predicted octanol–water partition coefficient (Wildman–Crippen LogP) is 5.87. The number of rotatable bonds is 3. The van der Waals surface area contributed by atoms with Gasteiger partial charge in [-0.1, -0.05) is 48.5 Å². The minimum atomic E-state index is -0.302. The second kappa shape index (κ2) is 6.72. The zero-order valence-electron chi connectivity index (χ0n) is 18.3. The molecular formula is C26H33BO2. The van der Waals surface area contributed by atoms with Crippen LogP contribution >= 0.6 is 0 Å². The Morgan fingerprint density at radius 2 is 1.14 bits per heavy atom. The molecule has 1 aliphatic heterocycles. The molecule has 2 bridgehead atoms. The number of hydrogen-bond donors (Lipinski definition) is 0. The van der Waals surface area contributed by atoms with Crippen molar-refractivity contribution in [2.75, 3.05) is 0 Å². The molecule has 2 aromatic carbocycles. The van der Waals surface area contributed by atoms with E-state index >= 15 is 0 Å². The topological polar surface area (TPSA) is 18.5 Å². The van der Waals surface area contributed by atoms with Crippen LogP contribution in [0.4, 0.5) is 0 Å². The molecule has 2 nitrogen and oxygen atoms in total. The van der Waals surface area contributed by atoms with Gasteiger partial charge in [0, 0.05) is 0 Å². The summed E-state index contributed by atoms with van der Waals surface area (Å²) in [7, 11) is -0.294. The maximum atomic E-state index is 6.18. The third kappa shape index (κ3) is 3.27. The van der Waals surface area contributed by atoms with Crippen molar-refractivity contribution in [2.24, 2.45) is 5.92 Å². The Balaban J connectivity index is 1.33. The molecule has 0 aromatic heterocycles. The normalized spacial score (nSPS) is 29.9. The third-order valence-electron chi connectivity index (χ3n) is 8.36. The van der Waals surface area contributed by atoms with Crippen molar-refractivity contribution in [3.63, 3.8) is 0 Å². The molecule has 4 aliphatic rings. The lowest BCUT2D eigenvalue weighted by Crippen LogP contribution is -2.41. The van der Waals surface area contributed by atoms with Gasteiger partial charge in [0.1, 0.15) is 0 Å². The van der Waals surface area contributed by atoms with Gasteiger partial charge in [-0.05, 0) is 99.7 Å². The summed E-state index contributed by atoms with van der Waals surface area (Å²) >= 11 is 0. The molecular weight excluding hydrogens is 355 g/mol. The maximum Gasteiger partial charge on any atom is 0.494 e. The molecule has 1 saturated heterocycles. The average Bonchev–Trinajstić information content (AvgIpc) is 2.97. The summed E-state index contributed by atoms with van der Waals surface area (Å²) in [6, 6.07) is 18.1. The van der Waals surface area contributed by atoms with Gasteiger partial charge in [0.15, 0.2) is 0 Å². The Morgan fingerprint density at radius 3 is 1.62 bits per heavy atom. The summed E-state index contributed by atoms with van der Waals surface area (Å²) in [5.41, 5.74) is 5.05. The molecule has 1 heterocycles. The fraction of sp³-hybridized carbons (Fsp3) is 0.538. The van der Waals surface area contributed by atoms with Crippen LogP contribution in [0.1, 0.15) is 71.8 Å². The van der Waals surface area contributed by atoms with Crippen molar-refractivity contribution in [1.82, 2.24) is 0 Å². The third-order valence-corrected chi connectivity index (χ3v) is 8.36. The molecule has 29 heavy (non-hydrogen) atoms. The lowest BCUT2D eigenvalue weighted by atomic mass is 9.58. The second-order valence-electron chi connectivity index (χ2n) is 10.5. The van der Waals surface area contributed by atoms with E-state index in [1.165, 1.54) is 49.7 Å². The Morgan fingerprint density at radius 1 is 0.690 bits per heavy atom. The van der Waals surface area contributed by atoms with Crippen molar-refractivity contribution >= 4 is 12.6 Å². The summed E-state index contributed by atoms with van der Waals surface area (Å²) in [5.74, 6) is 1.01. The quantitative estimate of drug-likeness (QED) is 0.612. The first-order valence-electron chi connectivity index (χ1n) is 11.3. The van der Waals surface area contributed by atoms with E-state index in [0.29, 0.717) is 5.41 Å². The SMILES string of the molecule is CC1(C)OB(c2ccc(-c3ccc(C45CCC(CC4)CC5)cc3)cc2)OC1(C)C. The Labute approximate surface area is 176 Å². The minimum Gasteiger partial charge on any atom is -0.399 e. The van der Waals surface area contributed by atoms with Crippen LogP contribution in [0.2, 0.25) is 0 Å². The maximum absolute atomic E-state index is 6.18. The first-order valence-corrected chi connectivity index (χ1v) is 11.3. The van der Waals surface area contributed by atoms with Crippen LogP contribution in [-0.2, 0) is 14.7 Å². The van der Waals surface area contributed by atoms with Crippen molar-refractivity contribution < 1.29 is 9.31 Å². The number of fused-ring (bicyclic) bond motifs is 3. The summed E-state index contributed by atoms with van der Waals surface area (Å²) < 4.78 is 12.4. The van der Waals surface area contributed by atoms with Gasteiger partial charge in [-0.25, -0.2) is 0 Å². The average molecular weight is 388 g/mol. The van der Waals surface area contributed by atoms with E-state index in [-0.39, 0.29) is 18.3 Å². The number of benzene rings is 2. The van der Waals surface area contributed by atoms with Gasteiger partial charge in [0.2, 0.25) is 0 Å². The molecule has 3 heteroatoms. The molecule has 0 unspecified atom stereocenters. The summed E-state index contributed by atoms with van der Waals surface area (Å²) in [5, 5.41) is 0. The molecule has 0 radical (unpaired) electrons. The van der Waals surface area contributed by atoms with Crippen LogP contribution in [0.25, 0.3) is 11.1 Å². The predicted molar refractivity (Wildman–Crippen MR) is 120 cm³/mol. The monoisotopic (exact) mass is 388 g/mol. The molecule has 0 N–H and O–H groups in total. The van der Waals surface area contributed by atoms with E-state index in [1.54, 1.807) is 5.56 Å². The molecule has 3 aliphatic carbocycles. The van der Waals surface area contributed by atoms with Crippen LogP contribution < -0.4 is 5.46 Å². The van der Waals surface area contributed by atoms with Gasteiger partial charge in [0.25, 0.3) is 0 Å². The Hall–Kier alpha value is -1.58. The van der Waals surface area contributed by atoms with Crippen LogP contribution in [0, 0.1) is 5.92 Å². The highest BCUT2D eigenvalue weighted by atomic mass is 16.7. The van der Waals surface area contributed by atoms with Crippen LogP contribution in [0.3, 0.4) is 0 Å². The van der Waals surface area contributed by atoms with Crippen molar-refractivity contribution in [3.8, 4) is 11.1 Å². The lowest BCUT2D eigenvalue weighted by molar-refractivity contribution is 0.00578. The van der Waals surface area contributed by atoms with Gasteiger partial charge in [0.05, 0.1) is 11.2 Å². The molecule has 152 valence electrons. The highest BCUT2D eigenvalue weighted by Gasteiger charge is 2.51. The zero-order chi connectivity index (χ0) is 20.3. The van der Waals surface area contributed by atoms with Crippen LogP contribution in [-0.4, -0.2) is 18.3 Å². The molecule has 6 rings (SSSR count). The number of hydrogen-bond acceptors (Lipinski definition) is 2. The molecule has 2 aromatic rings. The Kier molecular flexibility index (Phi) is 4.49. The summed E-state index contributed by atoms with van der Waals surface area (Å²) in [4.78, 5) is 0. The van der Waals surface area contributed by atoms with Crippen molar-refractivity contribution in [3.05, 3.63) is 54.1 Å². The van der Waals surface area contributed by atoms with E-state index in [9.17, 15) is 0 Å². The molecule has 0 atom stereocenters. The fourth-order valence-electron chi connectivity index (χ4n) is 5.51. The van der Waals surface area contributed by atoms with Crippen LogP contribution in [0.5, 0.6) is 0 Å². The van der Waals surface area contributed by atoms with E-state index in [1.807, 2.05) is 0 Å². The smallest absolute Gasteiger partial charge is 0.399 e. The highest BCUT2D eigenvalue weighted by Crippen LogP contribution is 2.51. The van der Waals surface area contributed by atoms with Gasteiger partial charge < -0.3 is 9.31 Å². The second-order valence-corrected chi connectivity index (χ2v) is 10.5. The van der Waals surface area contributed by atoms with Crippen molar-refractivity contribution in [1.29, 1.82) is 0 Å². The molecule has 3 saturated carbocycles. The molecule has 0 spiro atoms. The zero-order valence-corrected chi connectivity index (χ0v) is 18.3. The van der Waals surface area contributed by atoms with E-state index in [4.69, 9.17) is 9.31 Å². The van der Waals surface area contributed by atoms with Gasteiger partial charge in [-0.3, -0.25) is 0 Å². The first-order chi connectivity index (χ1) is 13.8. The Bertz CT molecular complexity index is 844. The molecule has 4 fully saturated rings. The van der Waals surface area contributed by atoms with E-state index in [0.717, 1.165) is 11.4 Å². The summed E-state index contributed by atoms with van der Waals surface area (Å²) in [6.07, 6.45) is 8.46. The summed E-state index contributed by atoms with van der Waals surface area (Å²) in [6.45, 7) is 8.39. The minimum absolute atomic E-state index is 0.294. The highest BCUT2D eigenvalue weighted by molar-refractivity contribution is 6.62. The standard InChI is InChI=1S/C26H33BO2/c1-24(2)25(3,4)29-27(28-24)23-11-7-21(8-12-23)20-5-9-22(10-6-20)26-16-13-19(14-17-26)15-18-26/h5-12,19H,13-18H2,1-4H3.